The summed E-state index contributed by atoms with van der Waals surface area (Å²) in [6, 6.07) is -1.22. The number of amides is 4. The second-order valence-electron chi connectivity index (χ2n) is 8.36. The van der Waals surface area contributed by atoms with E-state index in [0.29, 0.717) is 12.8 Å². The van der Waals surface area contributed by atoms with Crippen LogP contribution in [0.2, 0.25) is 0 Å². The van der Waals surface area contributed by atoms with Gasteiger partial charge in [-0.15, -0.1) is 0 Å². The third kappa shape index (κ3) is 4.44. The van der Waals surface area contributed by atoms with E-state index in [1.807, 2.05) is 0 Å². The first kappa shape index (κ1) is 26.0. The van der Waals surface area contributed by atoms with Crippen molar-refractivity contribution >= 4 is 59.2 Å². The molecule has 2 aliphatic rings. The fourth-order valence-corrected chi connectivity index (χ4v) is 6.31. The van der Waals surface area contributed by atoms with Crippen LogP contribution in [0.15, 0.2) is 0 Å². The van der Waals surface area contributed by atoms with E-state index >= 15 is 0 Å². The molecule has 2 heterocycles. The van der Waals surface area contributed by atoms with Gasteiger partial charge in [0.05, 0.1) is 0 Å². The number of unbranched alkanes of at least 4 members (excludes halogenated alkanes) is 10. The molecule has 2 saturated heterocycles. The van der Waals surface area contributed by atoms with Gasteiger partial charge >= 0.3 is 12.1 Å². The first-order valence-electron chi connectivity index (χ1n) is 11.2. The lowest BCUT2D eigenvalue weighted by Crippen LogP contribution is -2.63. The summed E-state index contributed by atoms with van der Waals surface area (Å²) in [6.07, 6.45) is 13.4. The molecule has 6 nitrogen and oxygen atoms in total. The highest BCUT2D eigenvalue weighted by Gasteiger charge is 2.79. The Morgan fingerprint density at radius 3 is 1.10 bits per heavy atom. The SMILES string of the molecule is CCCCCCCCC12N(Cl)C(=O)N(Cl)C1(CCCCCCCC)N(Cl)C(=O)N2Cl. The predicted molar refractivity (Wildman–Crippen MR) is 123 cm³/mol. The van der Waals surface area contributed by atoms with Gasteiger partial charge in [-0.1, -0.05) is 78.1 Å². The predicted octanol–water partition coefficient (Wildman–Crippen LogP) is 7.97. The minimum atomic E-state index is -1.32. The number of hydrogen-bond acceptors (Lipinski definition) is 2. The van der Waals surface area contributed by atoms with E-state index < -0.39 is 23.4 Å². The second kappa shape index (κ2) is 11.5. The fraction of sp³-hybridized carbons (Fsp3) is 0.900. The molecule has 0 saturated carbocycles. The van der Waals surface area contributed by atoms with E-state index in [0.717, 1.165) is 69.0 Å². The number of carbonyl (C=O) groups is 2. The Labute approximate surface area is 201 Å². The molecular weight excluding hydrogens is 470 g/mol. The van der Waals surface area contributed by atoms with Crippen molar-refractivity contribution in [3.8, 4) is 0 Å². The van der Waals surface area contributed by atoms with Crippen molar-refractivity contribution in [1.82, 2.24) is 17.7 Å². The number of halogens is 4. The average Bonchev–Trinajstić information content (AvgIpc) is 3.01. The maximum Gasteiger partial charge on any atom is 0.353 e. The molecule has 4 amide bonds. The summed E-state index contributed by atoms with van der Waals surface area (Å²) in [7, 11) is 0. The molecule has 0 aliphatic carbocycles. The van der Waals surface area contributed by atoms with Gasteiger partial charge in [0.25, 0.3) is 0 Å². The topological polar surface area (TPSA) is 47.1 Å². The smallest absolute Gasteiger partial charge is 0.245 e. The largest absolute Gasteiger partial charge is 0.353 e. The van der Waals surface area contributed by atoms with Gasteiger partial charge in [-0.2, -0.15) is 0 Å². The maximum absolute atomic E-state index is 12.8. The summed E-state index contributed by atoms with van der Waals surface area (Å²) in [4.78, 5) is 25.6. The monoisotopic (exact) mass is 502 g/mol. The highest BCUT2D eigenvalue weighted by Crippen LogP contribution is 2.59. The Hall–Kier alpha value is -0.300. The summed E-state index contributed by atoms with van der Waals surface area (Å²) in [5.74, 6) is 0. The maximum atomic E-state index is 12.8. The zero-order valence-corrected chi connectivity index (χ0v) is 21.0. The number of hydrogen-bond donors (Lipinski definition) is 0. The number of urea groups is 2. The molecule has 2 fully saturated rings. The highest BCUT2D eigenvalue weighted by molar-refractivity contribution is 6.35. The van der Waals surface area contributed by atoms with E-state index in [-0.39, 0.29) is 0 Å². The van der Waals surface area contributed by atoms with Gasteiger partial charge in [0, 0.05) is 47.1 Å². The third-order valence-corrected chi connectivity index (χ3v) is 8.07. The molecule has 0 aromatic rings. The zero-order valence-electron chi connectivity index (χ0n) is 18.0. The van der Waals surface area contributed by atoms with Crippen molar-refractivity contribution in [2.45, 2.75) is 115 Å². The van der Waals surface area contributed by atoms with E-state index in [4.69, 9.17) is 47.1 Å². The number of carbonyl (C=O) groups excluding carboxylic acids is 2. The summed E-state index contributed by atoms with van der Waals surface area (Å²) in [5, 5.41) is 0. The molecule has 10 heteroatoms. The Morgan fingerprint density at radius 2 is 0.800 bits per heavy atom. The molecule has 0 N–H and O–H groups in total. The summed E-state index contributed by atoms with van der Waals surface area (Å²) in [6.45, 7) is 4.34. The van der Waals surface area contributed by atoms with E-state index in [1.165, 1.54) is 25.7 Å². The molecule has 2 aliphatic heterocycles. The molecule has 0 aromatic heterocycles. The van der Waals surface area contributed by atoms with Crippen molar-refractivity contribution in [2.75, 3.05) is 0 Å². The van der Waals surface area contributed by atoms with Gasteiger partial charge in [-0.3, -0.25) is 0 Å². The Bertz CT molecular complexity index is 521. The molecule has 0 spiro atoms. The van der Waals surface area contributed by atoms with E-state index in [9.17, 15) is 9.59 Å². The number of rotatable bonds is 14. The number of nitrogens with zero attached hydrogens (tertiary/aromatic N) is 4. The molecule has 0 radical (unpaired) electrons. The van der Waals surface area contributed by atoms with Crippen LogP contribution in [-0.4, -0.2) is 41.1 Å². The molecule has 0 aromatic carbocycles. The Balaban J connectivity index is 2.20. The first-order chi connectivity index (χ1) is 14.3. The third-order valence-electron chi connectivity index (χ3n) is 6.37. The van der Waals surface area contributed by atoms with Crippen LogP contribution >= 0.6 is 47.1 Å². The van der Waals surface area contributed by atoms with Crippen molar-refractivity contribution in [1.29, 1.82) is 0 Å². The minimum Gasteiger partial charge on any atom is -0.245 e. The van der Waals surface area contributed by atoms with Crippen LogP contribution in [0, 0.1) is 0 Å². The van der Waals surface area contributed by atoms with Crippen LogP contribution in [0.1, 0.15) is 104 Å². The van der Waals surface area contributed by atoms with Crippen LogP contribution in [0.5, 0.6) is 0 Å². The van der Waals surface area contributed by atoms with Crippen molar-refractivity contribution in [3.05, 3.63) is 0 Å². The fourth-order valence-electron chi connectivity index (χ4n) is 4.67. The number of fused-ring (bicyclic) bond motifs is 1. The molecule has 0 atom stereocenters. The van der Waals surface area contributed by atoms with Crippen molar-refractivity contribution in [3.63, 3.8) is 0 Å². The van der Waals surface area contributed by atoms with Gasteiger partial charge < -0.3 is 0 Å². The highest BCUT2D eigenvalue weighted by atomic mass is 35.5. The summed E-state index contributed by atoms with van der Waals surface area (Å²) >= 11 is 25.9. The first-order valence-corrected chi connectivity index (χ1v) is 12.6. The van der Waals surface area contributed by atoms with Gasteiger partial charge in [0.2, 0.25) is 0 Å². The lowest BCUT2D eigenvalue weighted by molar-refractivity contribution is 0.0173. The quantitative estimate of drug-likeness (QED) is 0.178. The summed E-state index contributed by atoms with van der Waals surface area (Å²) < 4.78 is 3.93. The van der Waals surface area contributed by atoms with Crippen LogP contribution in [0.4, 0.5) is 9.59 Å². The molecular formula is C20H34Cl4N4O2. The lowest BCUT2D eigenvalue weighted by Gasteiger charge is -2.43. The van der Waals surface area contributed by atoms with Gasteiger partial charge in [-0.05, 0) is 25.7 Å². The van der Waals surface area contributed by atoms with Crippen LogP contribution in [0.25, 0.3) is 0 Å². The normalized spacial score (nSPS) is 26.3. The molecule has 2 rings (SSSR count). The zero-order chi connectivity index (χ0) is 22.4. The Morgan fingerprint density at radius 1 is 0.533 bits per heavy atom. The average molecular weight is 504 g/mol. The van der Waals surface area contributed by atoms with Crippen molar-refractivity contribution < 1.29 is 9.59 Å². The van der Waals surface area contributed by atoms with Gasteiger partial charge in [-0.25, -0.2) is 27.3 Å². The van der Waals surface area contributed by atoms with Gasteiger partial charge in [0.15, 0.2) is 11.3 Å². The van der Waals surface area contributed by atoms with Crippen LogP contribution in [-0.2, 0) is 0 Å². The molecule has 0 bridgehead atoms. The van der Waals surface area contributed by atoms with Crippen LogP contribution in [0.3, 0.4) is 0 Å². The summed E-state index contributed by atoms with van der Waals surface area (Å²) in [5.41, 5.74) is -2.64. The second-order valence-corrected chi connectivity index (χ2v) is 9.71. The van der Waals surface area contributed by atoms with Crippen LogP contribution < -0.4 is 0 Å². The van der Waals surface area contributed by atoms with E-state index in [1.54, 1.807) is 0 Å². The molecule has 30 heavy (non-hydrogen) atoms. The molecule has 174 valence electrons. The molecule has 0 unspecified atom stereocenters. The Kier molecular flexibility index (Phi) is 9.98. The standard InChI is InChI=1S/C20H34Cl4N4O2/c1-3-5-7-9-11-13-15-19-20(27(23)17(29)25(19)21,28(24)18(30)26(19)22)16-14-12-10-8-6-4-2/h3-16H2,1-2H3. The van der Waals surface area contributed by atoms with Crippen molar-refractivity contribution in [2.24, 2.45) is 0 Å². The minimum absolute atomic E-state index is 0.409. The van der Waals surface area contributed by atoms with E-state index in [2.05, 4.69) is 13.8 Å². The lowest BCUT2D eigenvalue weighted by atomic mass is 9.85. The van der Waals surface area contributed by atoms with Gasteiger partial charge in [0.1, 0.15) is 0 Å².